The van der Waals surface area contributed by atoms with Crippen molar-refractivity contribution in [3.05, 3.63) is 23.8 Å². The molecule has 1 unspecified atom stereocenters. The fraction of sp³-hybridized carbons (Fsp3) is 0.500. The molecule has 3 N–H and O–H groups in total. The Labute approximate surface area is 113 Å². The molecule has 1 heterocycles. The molecule has 1 aliphatic heterocycles. The fourth-order valence-electron chi connectivity index (χ4n) is 2.33. The number of carboxylic acid groups (broad SMARTS) is 1. The predicted molar refractivity (Wildman–Crippen MR) is 73.8 cm³/mol. The van der Waals surface area contributed by atoms with Gasteiger partial charge in [-0.15, -0.1) is 0 Å². The summed E-state index contributed by atoms with van der Waals surface area (Å²) in [6, 6.07) is 5.69. The molecule has 1 aromatic carbocycles. The highest BCUT2D eigenvalue weighted by atomic mass is 16.5. The molecule has 0 aliphatic carbocycles. The van der Waals surface area contributed by atoms with Crippen molar-refractivity contribution in [1.82, 2.24) is 0 Å². The first-order chi connectivity index (χ1) is 9.06. The monoisotopic (exact) mass is 264 g/mol. The van der Waals surface area contributed by atoms with Gasteiger partial charge in [-0.25, -0.2) is 0 Å². The standard InChI is InChI=1S/C14H20N2O3/c1-16(9-11(15)8-14(17)18)12-4-5-13-10(7-12)3-2-6-19-13/h4-5,7,11H,2-3,6,8-9,15H2,1H3,(H,17,18). The lowest BCUT2D eigenvalue weighted by molar-refractivity contribution is -0.137. The Kier molecular flexibility index (Phi) is 4.27. The topological polar surface area (TPSA) is 75.8 Å². The number of hydrogen-bond donors (Lipinski definition) is 2. The molecule has 5 nitrogen and oxygen atoms in total. The highest BCUT2D eigenvalue weighted by Crippen LogP contribution is 2.28. The van der Waals surface area contributed by atoms with Crippen LogP contribution in [0, 0.1) is 0 Å². The molecule has 104 valence electrons. The maximum absolute atomic E-state index is 10.6. The summed E-state index contributed by atoms with van der Waals surface area (Å²) in [4.78, 5) is 12.6. The molecule has 1 aromatic rings. The smallest absolute Gasteiger partial charge is 0.304 e. The summed E-state index contributed by atoms with van der Waals surface area (Å²) in [7, 11) is 1.92. The van der Waals surface area contributed by atoms with E-state index in [1.165, 1.54) is 5.56 Å². The average Bonchev–Trinajstić information content (AvgIpc) is 2.37. The van der Waals surface area contributed by atoms with Crippen LogP contribution < -0.4 is 15.4 Å². The number of rotatable bonds is 5. The molecule has 5 heteroatoms. The van der Waals surface area contributed by atoms with Crippen LogP contribution in [0.15, 0.2) is 18.2 Å². The number of hydrogen-bond acceptors (Lipinski definition) is 4. The molecule has 1 atom stereocenters. The minimum Gasteiger partial charge on any atom is -0.493 e. The van der Waals surface area contributed by atoms with Crippen molar-refractivity contribution in [1.29, 1.82) is 0 Å². The zero-order chi connectivity index (χ0) is 13.8. The Morgan fingerprint density at radius 1 is 1.58 bits per heavy atom. The van der Waals surface area contributed by atoms with Crippen molar-refractivity contribution in [2.24, 2.45) is 5.73 Å². The van der Waals surface area contributed by atoms with Crippen molar-refractivity contribution in [3.8, 4) is 5.75 Å². The third-order valence-electron chi connectivity index (χ3n) is 3.28. The summed E-state index contributed by atoms with van der Waals surface area (Å²) in [6.45, 7) is 1.30. The van der Waals surface area contributed by atoms with Crippen LogP contribution in [0.3, 0.4) is 0 Å². The summed E-state index contributed by atoms with van der Waals surface area (Å²) < 4.78 is 5.57. The van der Waals surface area contributed by atoms with Crippen molar-refractivity contribution in [3.63, 3.8) is 0 Å². The van der Waals surface area contributed by atoms with Gasteiger partial charge in [0.2, 0.25) is 0 Å². The normalized spacial score (nSPS) is 15.3. The number of benzene rings is 1. The highest BCUT2D eigenvalue weighted by Gasteiger charge is 2.14. The van der Waals surface area contributed by atoms with Crippen LogP contribution in [-0.2, 0) is 11.2 Å². The van der Waals surface area contributed by atoms with E-state index in [4.69, 9.17) is 15.6 Å². The Morgan fingerprint density at radius 2 is 2.37 bits per heavy atom. The second-order valence-corrected chi connectivity index (χ2v) is 4.98. The molecule has 2 rings (SSSR count). The highest BCUT2D eigenvalue weighted by molar-refractivity contribution is 5.67. The van der Waals surface area contributed by atoms with Crippen molar-refractivity contribution in [2.45, 2.75) is 25.3 Å². The lowest BCUT2D eigenvalue weighted by atomic mass is 10.1. The first-order valence-corrected chi connectivity index (χ1v) is 6.50. The number of anilines is 1. The molecule has 0 fully saturated rings. The quantitative estimate of drug-likeness (QED) is 0.837. The number of aliphatic carboxylic acids is 1. The van der Waals surface area contributed by atoms with E-state index in [9.17, 15) is 4.79 Å². The summed E-state index contributed by atoms with van der Waals surface area (Å²) in [5, 5.41) is 8.71. The van der Waals surface area contributed by atoms with Gasteiger partial charge in [0.05, 0.1) is 13.0 Å². The Balaban J connectivity index is 2.02. The van der Waals surface area contributed by atoms with E-state index in [1.807, 2.05) is 24.1 Å². The van der Waals surface area contributed by atoms with Gasteiger partial charge in [-0.3, -0.25) is 4.79 Å². The summed E-state index contributed by atoms with van der Waals surface area (Å²) in [6.07, 6.45) is 2.05. The number of carbonyl (C=O) groups is 1. The van der Waals surface area contributed by atoms with Crippen LogP contribution in [0.25, 0.3) is 0 Å². The first-order valence-electron chi connectivity index (χ1n) is 6.50. The molecule has 0 saturated heterocycles. The maximum Gasteiger partial charge on any atom is 0.304 e. The van der Waals surface area contributed by atoms with Crippen molar-refractivity contribution in [2.75, 3.05) is 25.1 Å². The van der Waals surface area contributed by atoms with Gasteiger partial charge >= 0.3 is 5.97 Å². The number of likely N-dealkylation sites (N-methyl/N-ethyl adjacent to an activating group) is 1. The van der Waals surface area contributed by atoms with E-state index in [2.05, 4.69) is 6.07 Å². The van der Waals surface area contributed by atoms with Crippen LogP contribution in [0.1, 0.15) is 18.4 Å². The van der Waals surface area contributed by atoms with Gasteiger partial charge in [-0.05, 0) is 36.6 Å². The van der Waals surface area contributed by atoms with Gasteiger partial charge in [0, 0.05) is 25.3 Å². The van der Waals surface area contributed by atoms with E-state index < -0.39 is 5.97 Å². The first kappa shape index (κ1) is 13.7. The maximum atomic E-state index is 10.6. The van der Waals surface area contributed by atoms with Crippen molar-refractivity contribution >= 4 is 11.7 Å². The number of ether oxygens (including phenoxy) is 1. The molecule has 0 aromatic heterocycles. The zero-order valence-corrected chi connectivity index (χ0v) is 11.1. The third kappa shape index (κ3) is 3.61. The SMILES string of the molecule is CN(CC(N)CC(=O)O)c1ccc2c(c1)CCCO2. The second kappa shape index (κ2) is 5.93. The van der Waals surface area contributed by atoms with E-state index in [1.54, 1.807) is 0 Å². The predicted octanol–water partition coefficient (Wildman–Crippen LogP) is 1.25. The molecule has 19 heavy (non-hydrogen) atoms. The molecular formula is C14H20N2O3. The van der Waals surface area contributed by atoms with Crippen molar-refractivity contribution < 1.29 is 14.6 Å². The molecular weight excluding hydrogens is 244 g/mol. The summed E-state index contributed by atoms with van der Waals surface area (Å²) >= 11 is 0. The third-order valence-corrected chi connectivity index (χ3v) is 3.28. The number of nitrogens with zero attached hydrogens (tertiary/aromatic N) is 1. The average molecular weight is 264 g/mol. The van der Waals surface area contributed by atoms with E-state index in [0.29, 0.717) is 6.54 Å². The zero-order valence-electron chi connectivity index (χ0n) is 11.1. The molecule has 0 radical (unpaired) electrons. The van der Waals surface area contributed by atoms with Gasteiger partial charge in [-0.1, -0.05) is 0 Å². The molecule has 0 amide bonds. The van der Waals surface area contributed by atoms with E-state index in [-0.39, 0.29) is 12.5 Å². The fourth-order valence-corrected chi connectivity index (χ4v) is 2.33. The molecule has 1 aliphatic rings. The van der Waals surface area contributed by atoms with Gasteiger partial charge in [0.15, 0.2) is 0 Å². The summed E-state index contributed by atoms with van der Waals surface area (Å²) in [5.41, 5.74) is 8.06. The lowest BCUT2D eigenvalue weighted by Gasteiger charge is -2.25. The Morgan fingerprint density at radius 3 is 3.11 bits per heavy atom. The van der Waals surface area contributed by atoms with Crippen LogP contribution in [-0.4, -0.2) is 37.3 Å². The van der Waals surface area contributed by atoms with Crippen LogP contribution in [0.5, 0.6) is 5.75 Å². The minimum atomic E-state index is -0.861. The van der Waals surface area contributed by atoms with Gasteiger partial charge in [0.25, 0.3) is 0 Å². The van der Waals surface area contributed by atoms with Crippen LogP contribution in [0.2, 0.25) is 0 Å². The minimum absolute atomic E-state index is 0.0155. The Hall–Kier alpha value is -1.75. The summed E-state index contributed by atoms with van der Waals surface area (Å²) in [5.74, 6) is 0.0953. The number of nitrogens with two attached hydrogens (primary N) is 1. The van der Waals surface area contributed by atoms with Crippen LogP contribution >= 0.6 is 0 Å². The largest absolute Gasteiger partial charge is 0.493 e. The molecule has 0 spiro atoms. The van der Waals surface area contributed by atoms with Gasteiger partial charge in [-0.2, -0.15) is 0 Å². The second-order valence-electron chi connectivity index (χ2n) is 4.98. The van der Waals surface area contributed by atoms with Gasteiger partial charge in [0.1, 0.15) is 5.75 Å². The van der Waals surface area contributed by atoms with Crippen LogP contribution in [0.4, 0.5) is 5.69 Å². The lowest BCUT2D eigenvalue weighted by Crippen LogP contribution is -2.37. The molecule has 0 bridgehead atoms. The Bertz CT molecular complexity index is 462. The van der Waals surface area contributed by atoms with E-state index >= 15 is 0 Å². The number of fused-ring (bicyclic) bond motifs is 1. The van der Waals surface area contributed by atoms with E-state index in [0.717, 1.165) is 30.9 Å². The number of carboxylic acids is 1. The molecule has 0 saturated carbocycles. The number of aryl methyl sites for hydroxylation is 1. The van der Waals surface area contributed by atoms with Gasteiger partial charge < -0.3 is 20.5 Å².